The zero-order chi connectivity index (χ0) is 27.9. The predicted molar refractivity (Wildman–Crippen MR) is 149 cm³/mol. The van der Waals surface area contributed by atoms with Crippen LogP contribution >= 0.6 is 11.8 Å². The van der Waals surface area contributed by atoms with E-state index in [-0.39, 0.29) is 30.6 Å². The Morgan fingerprint density at radius 3 is 2.45 bits per heavy atom. The van der Waals surface area contributed by atoms with Crippen molar-refractivity contribution in [2.45, 2.75) is 43.6 Å². The van der Waals surface area contributed by atoms with Gasteiger partial charge in [0.1, 0.15) is 5.75 Å². The summed E-state index contributed by atoms with van der Waals surface area (Å²) < 4.78 is 14.4. The lowest BCUT2D eigenvalue weighted by molar-refractivity contribution is -0.245. The second kappa shape index (κ2) is 12.9. The molecule has 1 saturated heterocycles. The summed E-state index contributed by atoms with van der Waals surface area (Å²) in [5.41, 5.74) is 4.04. The highest BCUT2D eigenvalue weighted by Gasteiger charge is 2.32. The Hall–Kier alpha value is -3.97. The number of aliphatic hydroxyl groups is 1. The quantitative estimate of drug-likeness (QED) is 0.219. The van der Waals surface area contributed by atoms with Gasteiger partial charge in [-0.25, -0.2) is 4.79 Å². The largest absolute Gasteiger partial charge is 0.508 e. The number of phenolic OH excluding ortho intramolecular Hbond substituents is 1. The molecule has 0 bridgehead atoms. The highest BCUT2D eigenvalue weighted by Crippen LogP contribution is 2.39. The first-order valence-corrected chi connectivity index (χ1v) is 13.9. The number of hydrogen-bond acceptors (Lipinski definition) is 9. The maximum Gasteiger partial charge on any atom is 0.319 e. The number of ether oxygens (including phenoxy) is 2. The summed E-state index contributed by atoms with van der Waals surface area (Å²) in [6.07, 6.45) is -0.448. The standard InChI is InChI=1S/C28H30N6O5S/c1-2-29-27(37)30-21-9-7-20(8-10-21)26-38-24(15-25(39-26)19-5-3-18(16-35)4-6-19)17-40-28-31-32-33-34(28)22-11-13-23(36)14-12-22/h3-14,24-26,35-36H,2,15-17H2,1H3,(H2,29,30,37)/t24-,25+,26+/m0/s1. The number of hydrogen-bond donors (Lipinski definition) is 4. The summed E-state index contributed by atoms with van der Waals surface area (Å²) in [6.45, 7) is 2.37. The second-order valence-corrected chi connectivity index (χ2v) is 10.1. The fraction of sp³-hybridized carbons (Fsp3) is 0.286. The molecule has 4 aromatic rings. The van der Waals surface area contributed by atoms with Gasteiger partial charge in [-0.3, -0.25) is 0 Å². The molecule has 0 radical (unpaired) electrons. The molecule has 1 fully saturated rings. The van der Waals surface area contributed by atoms with Crippen LogP contribution in [0.1, 0.15) is 42.4 Å². The van der Waals surface area contributed by atoms with Gasteiger partial charge in [0, 0.05) is 30.0 Å². The smallest absolute Gasteiger partial charge is 0.319 e. The van der Waals surface area contributed by atoms with Crippen molar-refractivity contribution in [3.05, 3.63) is 89.5 Å². The van der Waals surface area contributed by atoms with Gasteiger partial charge in [-0.2, -0.15) is 4.68 Å². The molecule has 0 saturated carbocycles. The third-order valence-corrected chi connectivity index (χ3v) is 7.38. The Labute approximate surface area is 235 Å². The average Bonchev–Trinajstić information content (AvgIpc) is 3.45. The van der Waals surface area contributed by atoms with E-state index in [4.69, 9.17) is 9.47 Å². The van der Waals surface area contributed by atoms with E-state index in [1.165, 1.54) is 11.8 Å². The van der Waals surface area contributed by atoms with Crippen molar-refractivity contribution in [1.82, 2.24) is 25.5 Å². The Morgan fingerprint density at radius 2 is 1.75 bits per heavy atom. The van der Waals surface area contributed by atoms with Gasteiger partial charge in [0.25, 0.3) is 0 Å². The van der Waals surface area contributed by atoms with Crippen molar-refractivity contribution in [1.29, 1.82) is 0 Å². The summed E-state index contributed by atoms with van der Waals surface area (Å²) >= 11 is 1.47. The third kappa shape index (κ3) is 6.77. The van der Waals surface area contributed by atoms with E-state index < -0.39 is 6.29 Å². The van der Waals surface area contributed by atoms with E-state index in [0.29, 0.717) is 29.6 Å². The molecule has 1 aliphatic heterocycles. The number of tetrazole rings is 1. The first-order chi connectivity index (χ1) is 19.5. The number of anilines is 1. The molecule has 3 aromatic carbocycles. The van der Waals surface area contributed by atoms with E-state index in [9.17, 15) is 15.0 Å². The molecule has 12 heteroatoms. The lowest BCUT2D eigenvalue weighted by atomic mass is 10.0. The summed E-state index contributed by atoms with van der Waals surface area (Å²) in [6, 6.07) is 21.5. The third-order valence-electron chi connectivity index (χ3n) is 6.33. The Bertz CT molecular complexity index is 1400. The number of aliphatic hydroxyl groups excluding tert-OH is 1. The Morgan fingerprint density at radius 1 is 1.02 bits per heavy atom. The van der Waals surface area contributed by atoms with E-state index in [1.54, 1.807) is 28.9 Å². The molecule has 0 unspecified atom stereocenters. The molecular formula is C28H30N6O5S. The van der Waals surface area contributed by atoms with E-state index >= 15 is 0 Å². The minimum absolute atomic E-state index is 0.0246. The molecule has 208 valence electrons. The van der Waals surface area contributed by atoms with Crippen molar-refractivity contribution < 1.29 is 24.5 Å². The zero-order valence-corrected chi connectivity index (χ0v) is 22.6. The number of benzene rings is 3. The van der Waals surface area contributed by atoms with Gasteiger partial charge >= 0.3 is 6.03 Å². The van der Waals surface area contributed by atoms with Crippen LogP contribution in [-0.4, -0.2) is 54.9 Å². The molecule has 40 heavy (non-hydrogen) atoms. The Balaban J connectivity index is 1.33. The SMILES string of the molecule is CCNC(=O)Nc1ccc([C@@H]2O[C@H](CSc3nnnn3-c3ccc(O)cc3)C[C@H](c3ccc(CO)cc3)O2)cc1. The van der Waals surface area contributed by atoms with Crippen LogP contribution in [0, 0.1) is 0 Å². The first kappa shape index (κ1) is 27.6. The molecule has 3 atom stereocenters. The predicted octanol–water partition coefficient (Wildman–Crippen LogP) is 4.34. The van der Waals surface area contributed by atoms with E-state index in [1.807, 2.05) is 55.5 Å². The molecule has 0 spiro atoms. The van der Waals surface area contributed by atoms with Crippen molar-refractivity contribution in [3.8, 4) is 11.4 Å². The summed E-state index contributed by atoms with van der Waals surface area (Å²) in [5, 5.41) is 37.2. The van der Waals surface area contributed by atoms with Gasteiger partial charge in [-0.15, -0.1) is 5.10 Å². The fourth-order valence-electron chi connectivity index (χ4n) is 4.27. The number of aromatic nitrogens is 4. The van der Waals surface area contributed by atoms with Crippen LogP contribution in [-0.2, 0) is 16.1 Å². The number of aromatic hydroxyl groups is 1. The van der Waals surface area contributed by atoms with Crippen LogP contribution < -0.4 is 10.6 Å². The Kier molecular flexibility index (Phi) is 8.91. The molecule has 11 nitrogen and oxygen atoms in total. The number of nitrogens with zero attached hydrogens (tertiary/aromatic N) is 4. The number of nitrogens with one attached hydrogen (secondary N) is 2. The second-order valence-electron chi connectivity index (χ2n) is 9.16. The molecule has 2 heterocycles. The fourth-order valence-corrected chi connectivity index (χ4v) is 5.18. The minimum Gasteiger partial charge on any atom is -0.508 e. The number of thioether (sulfide) groups is 1. The number of phenols is 1. The van der Waals surface area contributed by atoms with Crippen molar-refractivity contribution >= 4 is 23.5 Å². The highest BCUT2D eigenvalue weighted by atomic mass is 32.2. The van der Waals surface area contributed by atoms with Crippen molar-refractivity contribution in [2.24, 2.45) is 0 Å². The van der Waals surface area contributed by atoms with Gasteiger partial charge < -0.3 is 30.3 Å². The zero-order valence-electron chi connectivity index (χ0n) is 21.8. The highest BCUT2D eigenvalue weighted by molar-refractivity contribution is 7.99. The van der Waals surface area contributed by atoms with Crippen LogP contribution in [0.25, 0.3) is 5.69 Å². The maximum absolute atomic E-state index is 11.9. The molecule has 5 rings (SSSR count). The molecule has 2 amide bonds. The number of rotatable bonds is 9. The van der Waals surface area contributed by atoms with Crippen LogP contribution in [0.3, 0.4) is 0 Å². The van der Waals surface area contributed by atoms with Gasteiger partial charge in [0.2, 0.25) is 5.16 Å². The van der Waals surface area contributed by atoms with Crippen LogP contribution in [0.15, 0.2) is 78.0 Å². The normalized spacial score (nSPS) is 18.8. The van der Waals surface area contributed by atoms with Gasteiger partial charge in [0.15, 0.2) is 6.29 Å². The van der Waals surface area contributed by atoms with E-state index in [0.717, 1.165) is 22.4 Å². The molecule has 4 N–H and O–H groups in total. The number of carbonyl (C=O) groups is 1. The topological polar surface area (TPSA) is 144 Å². The number of amides is 2. The summed E-state index contributed by atoms with van der Waals surface area (Å²) in [7, 11) is 0. The van der Waals surface area contributed by atoms with Crippen molar-refractivity contribution in [3.63, 3.8) is 0 Å². The van der Waals surface area contributed by atoms with Gasteiger partial charge in [0.05, 0.1) is 24.5 Å². The maximum atomic E-state index is 11.9. The lowest BCUT2D eigenvalue weighted by Gasteiger charge is -2.36. The first-order valence-electron chi connectivity index (χ1n) is 12.9. The summed E-state index contributed by atoms with van der Waals surface area (Å²) in [4.78, 5) is 11.9. The average molecular weight is 563 g/mol. The van der Waals surface area contributed by atoms with Gasteiger partial charge in [-0.05, 0) is 64.9 Å². The van der Waals surface area contributed by atoms with E-state index in [2.05, 4.69) is 26.2 Å². The van der Waals surface area contributed by atoms with Crippen LogP contribution in [0.4, 0.5) is 10.5 Å². The number of carbonyl (C=O) groups excluding carboxylic acids is 1. The lowest BCUT2D eigenvalue weighted by Crippen LogP contribution is -2.31. The number of urea groups is 1. The van der Waals surface area contributed by atoms with Crippen LogP contribution in [0.5, 0.6) is 5.75 Å². The molecule has 0 aliphatic carbocycles. The van der Waals surface area contributed by atoms with Gasteiger partial charge in [-0.1, -0.05) is 48.2 Å². The molecular weight excluding hydrogens is 532 g/mol. The van der Waals surface area contributed by atoms with Crippen molar-refractivity contribution in [2.75, 3.05) is 17.6 Å². The molecule has 1 aromatic heterocycles. The van der Waals surface area contributed by atoms with Crippen LogP contribution in [0.2, 0.25) is 0 Å². The monoisotopic (exact) mass is 562 g/mol. The minimum atomic E-state index is -0.631. The molecule has 1 aliphatic rings. The summed E-state index contributed by atoms with van der Waals surface area (Å²) in [5.74, 6) is 0.735.